The van der Waals surface area contributed by atoms with Gasteiger partial charge < -0.3 is 19.3 Å². The lowest BCUT2D eigenvalue weighted by Gasteiger charge is -2.37. The third kappa shape index (κ3) is 4.36. The summed E-state index contributed by atoms with van der Waals surface area (Å²) in [7, 11) is 3.28. The maximum atomic E-state index is 5.83. The number of nitrogens with zero attached hydrogens (tertiary/aromatic N) is 3. The van der Waals surface area contributed by atoms with Crippen LogP contribution in [0.4, 0.5) is 5.69 Å². The monoisotopic (exact) mass is 484 g/mol. The van der Waals surface area contributed by atoms with E-state index >= 15 is 0 Å². The molecule has 0 aliphatic carbocycles. The van der Waals surface area contributed by atoms with Crippen molar-refractivity contribution in [2.75, 3.05) is 19.1 Å². The van der Waals surface area contributed by atoms with Crippen LogP contribution in [0.15, 0.2) is 89.1 Å². The van der Waals surface area contributed by atoms with Gasteiger partial charge in [0.15, 0.2) is 5.11 Å². The number of nitrogens with one attached hydrogen (secondary N) is 1. The van der Waals surface area contributed by atoms with Crippen LogP contribution in [0.3, 0.4) is 0 Å². The normalized spacial score (nSPS) is 15.7. The Kier molecular flexibility index (Phi) is 6.20. The molecule has 176 valence electrons. The number of thiocarbonyl (C=S) groups is 1. The SMILES string of the molecule is COc1cccc(-c2noc(C3=C(C)N(c4ccccc4)C(=S)NC3c3cccc(OC)c3)n2)c1. The van der Waals surface area contributed by atoms with Gasteiger partial charge in [0.1, 0.15) is 11.5 Å². The number of hydrogen-bond donors (Lipinski definition) is 1. The molecule has 7 nitrogen and oxygen atoms in total. The smallest absolute Gasteiger partial charge is 0.258 e. The van der Waals surface area contributed by atoms with E-state index in [1.165, 1.54) is 0 Å². The second kappa shape index (κ2) is 9.60. The lowest BCUT2D eigenvalue weighted by atomic mass is 9.94. The maximum Gasteiger partial charge on any atom is 0.258 e. The van der Waals surface area contributed by atoms with E-state index in [1.54, 1.807) is 14.2 Å². The van der Waals surface area contributed by atoms with E-state index in [0.717, 1.165) is 39.6 Å². The summed E-state index contributed by atoms with van der Waals surface area (Å²) in [5.74, 6) is 2.35. The average Bonchev–Trinajstić information content (AvgIpc) is 3.39. The number of anilines is 1. The molecule has 0 radical (unpaired) electrons. The Bertz CT molecular complexity index is 1400. The summed E-state index contributed by atoms with van der Waals surface area (Å²) in [6.07, 6.45) is 0. The Morgan fingerprint density at radius 2 is 1.63 bits per heavy atom. The van der Waals surface area contributed by atoms with Crippen LogP contribution in [0.2, 0.25) is 0 Å². The van der Waals surface area contributed by atoms with Gasteiger partial charge in [-0.3, -0.25) is 4.90 Å². The Morgan fingerprint density at radius 1 is 0.914 bits per heavy atom. The van der Waals surface area contributed by atoms with Gasteiger partial charge in [-0.15, -0.1) is 0 Å². The summed E-state index contributed by atoms with van der Waals surface area (Å²) in [6, 6.07) is 25.1. The first-order valence-electron chi connectivity index (χ1n) is 11.1. The molecule has 1 N–H and O–H groups in total. The van der Waals surface area contributed by atoms with Crippen molar-refractivity contribution in [2.45, 2.75) is 13.0 Å². The Balaban J connectivity index is 1.65. The molecule has 4 aromatic rings. The molecule has 0 amide bonds. The zero-order valence-electron chi connectivity index (χ0n) is 19.6. The van der Waals surface area contributed by atoms with E-state index in [4.69, 9.17) is 31.2 Å². The standard InChI is InChI=1S/C27H24N4O3S/c1-17-23(26-29-25(30-34-26)19-10-8-14-22(16-19)33-3)24(18-9-7-13-21(15-18)32-2)28-27(35)31(17)20-11-5-4-6-12-20/h4-16,24H,1-3H3,(H,28,35). The molecule has 0 saturated heterocycles. The minimum Gasteiger partial charge on any atom is -0.497 e. The topological polar surface area (TPSA) is 72.7 Å². The first kappa shape index (κ1) is 22.6. The number of ether oxygens (including phenoxy) is 2. The minimum absolute atomic E-state index is 0.309. The van der Waals surface area contributed by atoms with Crippen LogP contribution >= 0.6 is 12.2 Å². The van der Waals surface area contributed by atoms with Gasteiger partial charge in [-0.1, -0.05) is 47.6 Å². The quantitative estimate of drug-likeness (QED) is 0.354. The lowest BCUT2D eigenvalue weighted by Crippen LogP contribution is -2.46. The van der Waals surface area contributed by atoms with Gasteiger partial charge in [0.2, 0.25) is 5.82 Å². The van der Waals surface area contributed by atoms with Gasteiger partial charge in [0.05, 0.1) is 25.8 Å². The predicted molar refractivity (Wildman–Crippen MR) is 139 cm³/mol. The van der Waals surface area contributed by atoms with Crippen molar-refractivity contribution < 1.29 is 14.0 Å². The van der Waals surface area contributed by atoms with Crippen LogP contribution in [-0.2, 0) is 0 Å². The zero-order chi connectivity index (χ0) is 24.4. The van der Waals surface area contributed by atoms with E-state index in [9.17, 15) is 0 Å². The number of benzene rings is 3. The van der Waals surface area contributed by atoms with Crippen LogP contribution in [0.25, 0.3) is 17.0 Å². The highest BCUT2D eigenvalue weighted by molar-refractivity contribution is 7.80. The molecule has 1 aliphatic rings. The van der Waals surface area contributed by atoms with Gasteiger partial charge in [-0.2, -0.15) is 4.98 Å². The Morgan fingerprint density at radius 3 is 2.37 bits per heavy atom. The van der Waals surface area contributed by atoms with Gasteiger partial charge in [0.25, 0.3) is 5.89 Å². The number of hydrogen-bond acceptors (Lipinski definition) is 6. The van der Waals surface area contributed by atoms with Crippen molar-refractivity contribution in [3.05, 3.63) is 96.0 Å². The molecule has 1 atom stereocenters. The zero-order valence-corrected chi connectivity index (χ0v) is 20.4. The Hall–Kier alpha value is -4.17. The molecule has 0 bridgehead atoms. The van der Waals surface area contributed by atoms with Gasteiger partial charge in [0, 0.05) is 16.9 Å². The molecule has 5 rings (SSSR count). The van der Waals surface area contributed by atoms with Gasteiger partial charge >= 0.3 is 0 Å². The summed E-state index contributed by atoms with van der Waals surface area (Å²) in [5, 5.41) is 8.33. The molecule has 3 aromatic carbocycles. The van der Waals surface area contributed by atoms with Crippen molar-refractivity contribution in [3.8, 4) is 22.9 Å². The second-order valence-corrected chi connectivity index (χ2v) is 8.37. The third-order valence-electron chi connectivity index (χ3n) is 5.91. The molecule has 35 heavy (non-hydrogen) atoms. The molecule has 1 aliphatic heterocycles. The molecule has 0 spiro atoms. The van der Waals surface area contributed by atoms with Crippen LogP contribution in [0, 0.1) is 0 Å². The van der Waals surface area contributed by atoms with Crippen LogP contribution in [-0.4, -0.2) is 29.5 Å². The average molecular weight is 485 g/mol. The molecule has 1 aromatic heterocycles. The number of aromatic nitrogens is 2. The molecular formula is C27H24N4O3S. The van der Waals surface area contributed by atoms with Crippen molar-refractivity contribution in [3.63, 3.8) is 0 Å². The van der Waals surface area contributed by atoms with E-state index in [2.05, 4.69) is 10.5 Å². The molecule has 8 heteroatoms. The van der Waals surface area contributed by atoms with E-state index in [1.807, 2.05) is 90.7 Å². The summed E-state index contributed by atoms with van der Waals surface area (Å²) >= 11 is 5.81. The van der Waals surface area contributed by atoms with Crippen LogP contribution in [0.5, 0.6) is 11.5 Å². The fourth-order valence-electron chi connectivity index (χ4n) is 4.19. The van der Waals surface area contributed by atoms with Crippen molar-refractivity contribution in [1.29, 1.82) is 0 Å². The van der Waals surface area contributed by atoms with Crippen molar-refractivity contribution >= 4 is 28.6 Å². The van der Waals surface area contributed by atoms with Crippen LogP contribution < -0.4 is 19.7 Å². The highest BCUT2D eigenvalue weighted by atomic mass is 32.1. The molecular weight excluding hydrogens is 460 g/mol. The predicted octanol–water partition coefficient (Wildman–Crippen LogP) is 5.62. The second-order valence-electron chi connectivity index (χ2n) is 7.98. The van der Waals surface area contributed by atoms with Gasteiger partial charge in [-0.25, -0.2) is 0 Å². The molecule has 0 saturated carbocycles. The van der Waals surface area contributed by atoms with Crippen molar-refractivity contribution in [1.82, 2.24) is 15.5 Å². The Labute approximate surface area is 209 Å². The van der Waals surface area contributed by atoms with E-state index < -0.39 is 0 Å². The fourth-order valence-corrected chi connectivity index (χ4v) is 4.55. The van der Waals surface area contributed by atoms with Crippen molar-refractivity contribution in [2.24, 2.45) is 0 Å². The highest BCUT2D eigenvalue weighted by Gasteiger charge is 2.35. The summed E-state index contributed by atoms with van der Waals surface area (Å²) in [6.45, 7) is 2.01. The number of methoxy groups -OCH3 is 2. The fraction of sp³-hybridized carbons (Fsp3) is 0.148. The van der Waals surface area contributed by atoms with Gasteiger partial charge in [-0.05, 0) is 61.1 Å². The summed E-state index contributed by atoms with van der Waals surface area (Å²) in [5.41, 5.74) is 4.44. The molecule has 0 fully saturated rings. The first-order valence-corrected chi connectivity index (χ1v) is 11.5. The third-order valence-corrected chi connectivity index (χ3v) is 6.21. The number of allylic oxidation sites excluding steroid dienone is 1. The van der Waals surface area contributed by atoms with E-state index in [-0.39, 0.29) is 6.04 Å². The first-order chi connectivity index (χ1) is 17.1. The highest BCUT2D eigenvalue weighted by Crippen LogP contribution is 2.40. The number of para-hydroxylation sites is 1. The maximum absolute atomic E-state index is 5.83. The summed E-state index contributed by atoms with van der Waals surface area (Å²) in [4.78, 5) is 6.75. The molecule has 2 heterocycles. The molecule has 1 unspecified atom stereocenters. The van der Waals surface area contributed by atoms with Crippen LogP contribution in [0.1, 0.15) is 24.4 Å². The summed E-state index contributed by atoms with van der Waals surface area (Å²) < 4.78 is 16.6. The van der Waals surface area contributed by atoms with E-state index in [0.29, 0.717) is 16.8 Å². The minimum atomic E-state index is -0.309. The number of rotatable bonds is 6. The lowest BCUT2D eigenvalue weighted by molar-refractivity contribution is 0.403. The largest absolute Gasteiger partial charge is 0.497 e.